The van der Waals surface area contributed by atoms with Gasteiger partial charge in [0.05, 0.1) is 5.75 Å². The van der Waals surface area contributed by atoms with E-state index in [1.165, 1.54) is 0 Å². The van der Waals surface area contributed by atoms with Crippen molar-refractivity contribution in [3.05, 3.63) is 0 Å². The minimum atomic E-state index is -4.36. The monoisotopic (exact) mass is 231 g/mol. The van der Waals surface area contributed by atoms with Crippen molar-refractivity contribution in [2.75, 3.05) is 11.2 Å². The van der Waals surface area contributed by atoms with Crippen LogP contribution in [0.5, 0.6) is 0 Å². The first kappa shape index (κ1) is 12.7. The maximum atomic E-state index is 10.8. The van der Waals surface area contributed by atoms with Crippen LogP contribution in [0.4, 0.5) is 0 Å². The predicted octanol–water partition coefficient (Wildman–Crippen LogP) is -1.72. The zero-order valence-corrected chi connectivity index (χ0v) is 8.20. The number of hydrogen-bond acceptors (Lipinski definition) is 4. The Kier molecular flexibility index (Phi) is 4.72. The highest BCUT2D eigenvalue weighted by molar-refractivity contribution is 7.92. The topological polar surface area (TPSA) is 138 Å². The molecule has 9 heteroatoms. The maximum absolute atomic E-state index is 10.8. The Balaban J connectivity index is 4.03. The van der Waals surface area contributed by atoms with Gasteiger partial charge >= 0.3 is 13.6 Å². The van der Waals surface area contributed by atoms with E-state index in [1.807, 2.05) is 0 Å². The molecule has 5 N–H and O–H groups in total. The summed E-state index contributed by atoms with van der Waals surface area (Å²) in [6, 6.07) is -1.35. The summed E-state index contributed by atoms with van der Waals surface area (Å²) in [7, 11) is -6.27. The number of aliphatic carboxylic acids is 1. The first-order valence-corrected chi connectivity index (χ1v) is 6.39. The van der Waals surface area contributed by atoms with Crippen molar-refractivity contribution in [3.8, 4) is 0 Å². The first-order valence-electron chi connectivity index (χ1n) is 3.10. The quantitative estimate of drug-likeness (QED) is 0.413. The van der Waals surface area contributed by atoms with E-state index in [1.54, 1.807) is 0 Å². The van der Waals surface area contributed by atoms with Crippen LogP contribution < -0.4 is 5.73 Å². The number of hydrogen-bond donors (Lipinski definition) is 4. The molecular formula is C4H10NO6PS. The summed E-state index contributed by atoms with van der Waals surface area (Å²) in [5, 5.41) is 8.28. The molecule has 0 aromatic carbocycles. The van der Waals surface area contributed by atoms with E-state index in [2.05, 4.69) is 0 Å². The van der Waals surface area contributed by atoms with Gasteiger partial charge in [-0.25, -0.2) is 0 Å². The van der Waals surface area contributed by atoms with Gasteiger partial charge in [-0.15, -0.1) is 0 Å². The number of carboxylic acids is 1. The average Bonchev–Trinajstić information content (AvgIpc) is 1.81. The molecule has 78 valence electrons. The van der Waals surface area contributed by atoms with Crippen LogP contribution in [0.1, 0.15) is 0 Å². The summed E-state index contributed by atoms with van der Waals surface area (Å²) < 4.78 is 21.2. The fourth-order valence-corrected chi connectivity index (χ4v) is 2.98. The Hall–Kier alpha value is -0.270. The SMILES string of the molecule is NC(CS(=O)CP(=O)(O)O)C(=O)O. The van der Waals surface area contributed by atoms with Crippen LogP contribution in [0, 0.1) is 0 Å². The standard InChI is InChI=1S/C4H10NO6PS/c5-3(4(6)7)1-13(11)2-12(8,9)10/h3H,1-2,5H2,(H,6,7)(H2,8,9,10). The van der Waals surface area contributed by atoms with Crippen LogP contribution >= 0.6 is 7.60 Å². The van der Waals surface area contributed by atoms with Crippen molar-refractivity contribution in [2.45, 2.75) is 6.04 Å². The fourth-order valence-electron chi connectivity index (χ4n) is 0.512. The number of carbonyl (C=O) groups is 1. The van der Waals surface area contributed by atoms with Crippen molar-refractivity contribution in [1.29, 1.82) is 0 Å². The lowest BCUT2D eigenvalue weighted by Crippen LogP contribution is -2.36. The smallest absolute Gasteiger partial charge is 0.337 e. The second-order valence-electron chi connectivity index (χ2n) is 2.35. The summed E-state index contributed by atoms with van der Waals surface area (Å²) in [5.74, 6) is -1.81. The average molecular weight is 231 g/mol. The molecule has 2 unspecified atom stereocenters. The second kappa shape index (κ2) is 4.83. The third-order valence-electron chi connectivity index (χ3n) is 0.995. The van der Waals surface area contributed by atoms with Gasteiger partial charge in [0.15, 0.2) is 0 Å². The lowest BCUT2D eigenvalue weighted by Gasteiger charge is -2.06. The first-order chi connectivity index (χ1) is 5.72. The number of rotatable bonds is 5. The minimum absolute atomic E-state index is 0.458. The highest BCUT2D eigenvalue weighted by Crippen LogP contribution is 2.34. The molecule has 2 atom stereocenters. The minimum Gasteiger partial charge on any atom is -0.480 e. The molecule has 0 saturated heterocycles. The van der Waals surface area contributed by atoms with Crippen LogP contribution in [0.25, 0.3) is 0 Å². The van der Waals surface area contributed by atoms with Gasteiger partial charge in [-0.3, -0.25) is 13.6 Å². The molecular weight excluding hydrogens is 221 g/mol. The molecule has 0 aliphatic rings. The van der Waals surface area contributed by atoms with E-state index in [4.69, 9.17) is 20.6 Å². The van der Waals surface area contributed by atoms with Gasteiger partial charge < -0.3 is 20.6 Å². The van der Waals surface area contributed by atoms with Crippen molar-refractivity contribution >= 4 is 24.4 Å². The molecule has 0 radical (unpaired) electrons. The highest BCUT2D eigenvalue weighted by atomic mass is 32.2. The normalized spacial score (nSPS) is 16.5. The number of nitrogens with two attached hydrogens (primary N) is 1. The highest BCUT2D eigenvalue weighted by Gasteiger charge is 2.22. The van der Waals surface area contributed by atoms with Crippen molar-refractivity contribution in [3.63, 3.8) is 0 Å². The van der Waals surface area contributed by atoms with E-state index in [-0.39, 0.29) is 0 Å². The fraction of sp³-hybridized carbons (Fsp3) is 0.750. The summed E-state index contributed by atoms with van der Waals surface area (Å²) in [6.07, 6.45) is 0. The molecule has 7 nitrogen and oxygen atoms in total. The van der Waals surface area contributed by atoms with Crippen LogP contribution in [0.15, 0.2) is 0 Å². The zero-order valence-electron chi connectivity index (χ0n) is 6.49. The lowest BCUT2D eigenvalue weighted by atomic mass is 10.4. The summed E-state index contributed by atoms with van der Waals surface area (Å²) in [6.45, 7) is 0. The molecule has 0 aromatic heterocycles. The van der Waals surface area contributed by atoms with Gasteiger partial charge in [-0.1, -0.05) is 0 Å². The molecule has 0 aliphatic carbocycles. The Labute approximate surface area is 76.6 Å². The third kappa shape index (κ3) is 6.85. The molecule has 0 aliphatic heterocycles. The van der Waals surface area contributed by atoms with Gasteiger partial charge in [-0.05, 0) is 0 Å². The van der Waals surface area contributed by atoms with Gasteiger partial charge in [0.25, 0.3) is 0 Å². The molecule has 0 rings (SSSR count). The van der Waals surface area contributed by atoms with Crippen molar-refractivity contribution in [1.82, 2.24) is 0 Å². The van der Waals surface area contributed by atoms with Crippen LogP contribution in [0.3, 0.4) is 0 Å². The van der Waals surface area contributed by atoms with Gasteiger partial charge in [0.2, 0.25) is 0 Å². The van der Waals surface area contributed by atoms with Crippen LogP contribution in [-0.2, 0) is 20.2 Å². The molecule has 0 amide bonds. The Morgan fingerprint density at radius 1 is 1.54 bits per heavy atom. The van der Waals surface area contributed by atoms with E-state index < -0.39 is 41.7 Å². The molecule has 0 heterocycles. The molecule has 0 saturated carbocycles. The third-order valence-corrected chi connectivity index (χ3v) is 4.22. The Morgan fingerprint density at radius 2 is 2.00 bits per heavy atom. The van der Waals surface area contributed by atoms with Crippen molar-refractivity contribution in [2.24, 2.45) is 5.73 Å². The van der Waals surface area contributed by atoms with Gasteiger partial charge in [-0.2, -0.15) is 0 Å². The van der Waals surface area contributed by atoms with E-state index in [0.717, 1.165) is 0 Å². The summed E-state index contributed by atoms with van der Waals surface area (Å²) in [4.78, 5) is 26.9. The maximum Gasteiger partial charge on any atom is 0.337 e. The lowest BCUT2D eigenvalue weighted by molar-refractivity contribution is -0.137. The molecule has 0 spiro atoms. The van der Waals surface area contributed by atoms with E-state index in [0.29, 0.717) is 0 Å². The second-order valence-corrected chi connectivity index (χ2v) is 5.92. The molecule has 0 bridgehead atoms. The molecule has 0 aromatic rings. The largest absolute Gasteiger partial charge is 0.480 e. The zero-order chi connectivity index (χ0) is 10.6. The summed E-state index contributed by atoms with van der Waals surface area (Å²) >= 11 is 0. The molecule has 0 fully saturated rings. The Bertz CT molecular complexity index is 261. The van der Waals surface area contributed by atoms with E-state index >= 15 is 0 Å². The summed E-state index contributed by atoms with van der Waals surface area (Å²) in [5.41, 5.74) is 4.14. The molecule has 13 heavy (non-hydrogen) atoms. The Morgan fingerprint density at radius 3 is 2.31 bits per heavy atom. The van der Waals surface area contributed by atoms with Crippen LogP contribution in [0.2, 0.25) is 0 Å². The van der Waals surface area contributed by atoms with Crippen LogP contribution in [-0.4, -0.2) is 42.4 Å². The van der Waals surface area contributed by atoms with Gasteiger partial charge in [0.1, 0.15) is 11.5 Å². The number of carboxylic acid groups (broad SMARTS) is 1. The van der Waals surface area contributed by atoms with Gasteiger partial charge in [0, 0.05) is 10.8 Å². The van der Waals surface area contributed by atoms with E-state index in [9.17, 15) is 13.6 Å². The van der Waals surface area contributed by atoms with Crippen molar-refractivity contribution < 1.29 is 28.5 Å². The predicted molar refractivity (Wildman–Crippen MR) is 45.5 cm³/mol.